The van der Waals surface area contributed by atoms with Crippen molar-refractivity contribution in [3.05, 3.63) is 30.1 Å². The minimum Gasteiger partial charge on any atom is -0.218 e. The highest BCUT2D eigenvalue weighted by atomic mass is 14.6. The first kappa shape index (κ1) is 6.27. The summed E-state index contributed by atoms with van der Waals surface area (Å²) in [4.78, 5) is 2.99. The van der Waals surface area contributed by atoms with Crippen molar-refractivity contribution in [2.75, 3.05) is 0 Å². The van der Waals surface area contributed by atoms with Crippen LogP contribution in [-0.4, -0.2) is 0 Å². The Hall–Kier alpha value is -0.850. The predicted octanol–water partition coefficient (Wildman–Crippen LogP) is 1.45. The first-order valence-corrected chi connectivity index (χ1v) is 3.38. The van der Waals surface area contributed by atoms with Crippen molar-refractivity contribution in [2.24, 2.45) is 0 Å². The van der Waals surface area contributed by atoms with Crippen LogP contribution in [-0.2, 0) is 6.42 Å². The summed E-state index contributed by atoms with van der Waals surface area (Å²) in [7, 11) is 0. The van der Waals surface area contributed by atoms with Gasteiger partial charge in [0.2, 0.25) is 0 Å². The van der Waals surface area contributed by atoms with Gasteiger partial charge in [0.05, 0.1) is 0 Å². The molecular formula is C8H12N+. The molecule has 1 aromatic heterocycles. The maximum atomic E-state index is 2.99. The molecule has 48 valence electrons. The lowest BCUT2D eigenvalue weighted by Gasteiger charge is -1.90. The largest absolute Gasteiger partial charge is 0.218 e. The topological polar surface area (TPSA) is 14.1 Å². The van der Waals surface area contributed by atoms with Crippen LogP contribution in [0.25, 0.3) is 0 Å². The zero-order valence-electron chi connectivity index (χ0n) is 5.72. The van der Waals surface area contributed by atoms with Crippen LogP contribution in [0.3, 0.4) is 0 Å². The number of aromatic amines is 1. The molecule has 0 spiro atoms. The van der Waals surface area contributed by atoms with E-state index in [0.717, 1.165) is 0 Å². The van der Waals surface area contributed by atoms with Crippen LogP contribution in [0, 0.1) is 0 Å². The number of hydrogen-bond donors (Lipinski definition) is 0. The molecule has 0 aliphatic heterocycles. The highest BCUT2D eigenvalue weighted by molar-refractivity contribution is 5.06. The molecule has 1 rings (SSSR count). The first-order chi connectivity index (χ1) is 4.43. The fourth-order valence-electron chi connectivity index (χ4n) is 0.877. The average Bonchev–Trinajstić information content (AvgIpc) is 1.91. The zero-order valence-corrected chi connectivity index (χ0v) is 5.72. The van der Waals surface area contributed by atoms with E-state index in [-0.39, 0.29) is 0 Å². The summed E-state index contributed by atoms with van der Waals surface area (Å²) >= 11 is 0. The van der Waals surface area contributed by atoms with Gasteiger partial charge in [-0.3, -0.25) is 0 Å². The number of hydrogen-bond acceptors (Lipinski definition) is 0. The molecule has 0 fully saturated rings. The van der Waals surface area contributed by atoms with Crippen LogP contribution in [0.4, 0.5) is 0 Å². The summed E-state index contributed by atoms with van der Waals surface area (Å²) in [6.45, 7) is 2.19. The highest BCUT2D eigenvalue weighted by Gasteiger charge is 1.88. The SMILES string of the molecule is CCCc1cc[nH+]cc1. The molecule has 1 heteroatoms. The van der Waals surface area contributed by atoms with Crippen LogP contribution in [0.15, 0.2) is 24.5 Å². The number of aryl methyl sites for hydroxylation is 1. The van der Waals surface area contributed by atoms with Gasteiger partial charge in [-0.25, -0.2) is 4.98 Å². The Balaban J connectivity index is 2.61. The smallest absolute Gasteiger partial charge is 0.167 e. The van der Waals surface area contributed by atoms with Gasteiger partial charge in [0, 0.05) is 12.1 Å². The van der Waals surface area contributed by atoms with Gasteiger partial charge in [-0.05, 0) is 12.0 Å². The summed E-state index contributed by atoms with van der Waals surface area (Å²) in [6, 6.07) is 4.23. The molecule has 0 saturated carbocycles. The Morgan fingerprint density at radius 2 is 2.00 bits per heavy atom. The quantitative estimate of drug-likeness (QED) is 0.563. The van der Waals surface area contributed by atoms with Crippen LogP contribution in [0.5, 0.6) is 0 Å². The third kappa shape index (κ3) is 1.84. The average molecular weight is 122 g/mol. The van der Waals surface area contributed by atoms with Gasteiger partial charge >= 0.3 is 0 Å². The van der Waals surface area contributed by atoms with Crippen molar-refractivity contribution in [1.82, 2.24) is 0 Å². The molecule has 0 unspecified atom stereocenters. The Bertz CT molecular complexity index is 157. The summed E-state index contributed by atoms with van der Waals surface area (Å²) in [5.74, 6) is 0. The second-order valence-corrected chi connectivity index (χ2v) is 2.16. The normalized spacial score (nSPS) is 9.44. The molecule has 1 nitrogen and oxygen atoms in total. The highest BCUT2D eigenvalue weighted by Crippen LogP contribution is 1.97. The van der Waals surface area contributed by atoms with Crippen LogP contribution in [0.1, 0.15) is 18.9 Å². The number of aromatic nitrogens is 1. The zero-order chi connectivity index (χ0) is 6.53. The van der Waals surface area contributed by atoms with Crippen molar-refractivity contribution in [1.29, 1.82) is 0 Å². The second kappa shape index (κ2) is 3.23. The van der Waals surface area contributed by atoms with Gasteiger partial charge < -0.3 is 0 Å². The molecule has 0 aliphatic carbocycles. The minimum atomic E-state index is 1.19. The van der Waals surface area contributed by atoms with Crippen molar-refractivity contribution in [3.63, 3.8) is 0 Å². The van der Waals surface area contributed by atoms with Crippen LogP contribution in [0.2, 0.25) is 0 Å². The summed E-state index contributed by atoms with van der Waals surface area (Å²) in [6.07, 6.45) is 6.34. The van der Waals surface area contributed by atoms with Crippen molar-refractivity contribution in [3.8, 4) is 0 Å². The fraction of sp³-hybridized carbons (Fsp3) is 0.375. The van der Waals surface area contributed by atoms with E-state index < -0.39 is 0 Å². The summed E-state index contributed by atoms with van der Waals surface area (Å²) < 4.78 is 0. The monoisotopic (exact) mass is 122 g/mol. The molecule has 1 aromatic rings. The molecule has 0 bridgehead atoms. The van der Waals surface area contributed by atoms with E-state index in [1.165, 1.54) is 18.4 Å². The molecule has 0 atom stereocenters. The standard InChI is InChI=1S/C8H11N/c1-2-3-8-4-6-9-7-5-8/h4-7H,2-3H2,1H3/p+1. The van der Waals surface area contributed by atoms with Gasteiger partial charge in [0.15, 0.2) is 12.4 Å². The number of rotatable bonds is 2. The van der Waals surface area contributed by atoms with Crippen molar-refractivity contribution < 1.29 is 4.98 Å². The molecule has 0 aliphatic rings. The molecule has 9 heavy (non-hydrogen) atoms. The molecule has 0 amide bonds. The lowest BCUT2D eigenvalue weighted by molar-refractivity contribution is -0.378. The minimum absolute atomic E-state index is 1.19. The van der Waals surface area contributed by atoms with E-state index in [9.17, 15) is 0 Å². The van der Waals surface area contributed by atoms with Gasteiger partial charge in [-0.1, -0.05) is 13.3 Å². The first-order valence-electron chi connectivity index (χ1n) is 3.38. The van der Waals surface area contributed by atoms with E-state index in [1.807, 2.05) is 12.4 Å². The van der Waals surface area contributed by atoms with E-state index in [2.05, 4.69) is 24.0 Å². The molecule has 0 aromatic carbocycles. The fourth-order valence-corrected chi connectivity index (χ4v) is 0.877. The molecule has 1 N–H and O–H groups in total. The number of H-pyrrole nitrogens is 1. The van der Waals surface area contributed by atoms with E-state index >= 15 is 0 Å². The lowest BCUT2D eigenvalue weighted by Crippen LogP contribution is -1.98. The number of pyridine rings is 1. The predicted molar refractivity (Wildman–Crippen MR) is 37.0 cm³/mol. The van der Waals surface area contributed by atoms with Gasteiger partial charge in [0.1, 0.15) is 0 Å². The second-order valence-electron chi connectivity index (χ2n) is 2.16. The third-order valence-corrected chi connectivity index (χ3v) is 1.33. The van der Waals surface area contributed by atoms with Gasteiger partial charge in [0.25, 0.3) is 0 Å². The van der Waals surface area contributed by atoms with Crippen LogP contribution >= 0.6 is 0 Å². The Morgan fingerprint density at radius 3 is 2.56 bits per heavy atom. The van der Waals surface area contributed by atoms with Crippen molar-refractivity contribution in [2.45, 2.75) is 19.8 Å². The summed E-state index contributed by atoms with van der Waals surface area (Å²) in [5.41, 5.74) is 1.41. The van der Waals surface area contributed by atoms with Gasteiger partial charge in [-0.15, -0.1) is 0 Å². The summed E-state index contributed by atoms with van der Waals surface area (Å²) in [5, 5.41) is 0. The molecule has 0 radical (unpaired) electrons. The maximum absolute atomic E-state index is 2.99. The maximum Gasteiger partial charge on any atom is 0.167 e. The third-order valence-electron chi connectivity index (χ3n) is 1.33. The van der Waals surface area contributed by atoms with E-state index in [0.29, 0.717) is 0 Å². The Labute approximate surface area is 55.7 Å². The molecule has 0 saturated heterocycles. The Kier molecular flexibility index (Phi) is 2.25. The van der Waals surface area contributed by atoms with E-state index in [1.54, 1.807) is 0 Å². The lowest BCUT2D eigenvalue weighted by atomic mass is 10.2. The van der Waals surface area contributed by atoms with Crippen molar-refractivity contribution >= 4 is 0 Å². The molecule has 1 heterocycles. The Morgan fingerprint density at radius 1 is 1.33 bits per heavy atom. The van der Waals surface area contributed by atoms with Crippen LogP contribution < -0.4 is 4.98 Å². The number of nitrogens with one attached hydrogen (secondary N) is 1. The van der Waals surface area contributed by atoms with Gasteiger partial charge in [-0.2, -0.15) is 0 Å². The van der Waals surface area contributed by atoms with E-state index in [4.69, 9.17) is 0 Å². The molecular weight excluding hydrogens is 110 g/mol.